The Balaban J connectivity index is 1.89. The molecular weight excluding hydrogens is 324 g/mol. The molecule has 0 aliphatic heterocycles. The van der Waals surface area contributed by atoms with Crippen LogP contribution in [-0.2, 0) is 27.8 Å². The Morgan fingerprint density at radius 2 is 1.71 bits per heavy atom. The van der Waals surface area contributed by atoms with Crippen molar-refractivity contribution in [2.75, 3.05) is 6.54 Å². The van der Waals surface area contributed by atoms with Crippen molar-refractivity contribution in [3.63, 3.8) is 0 Å². The van der Waals surface area contributed by atoms with Gasteiger partial charge in [-0.05, 0) is 42.2 Å². The van der Waals surface area contributed by atoms with Crippen molar-refractivity contribution in [3.8, 4) is 0 Å². The van der Waals surface area contributed by atoms with E-state index in [-0.39, 0.29) is 17.3 Å². The second-order valence-electron chi connectivity index (χ2n) is 5.53. The molecule has 5 nitrogen and oxygen atoms in total. The molecule has 0 fully saturated rings. The highest BCUT2D eigenvalue weighted by atomic mass is 32.2. The predicted octanol–water partition coefficient (Wildman–Crippen LogP) is 2.15. The van der Waals surface area contributed by atoms with Crippen LogP contribution in [0.4, 0.5) is 0 Å². The number of carbonyl (C=O) groups is 1. The summed E-state index contributed by atoms with van der Waals surface area (Å²) in [6.07, 6.45) is 0.842. The van der Waals surface area contributed by atoms with Crippen molar-refractivity contribution >= 4 is 15.9 Å². The van der Waals surface area contributed by atoms with Crippen LogP contribution in [0, 0.1) is 6.92 Å². The lowest BCUT2D eigenvalue weighted by molar-refractivity contribution is -0.120. The van der Waals surface area contributed by atoms with Gasteiger partial charge in [-0.15, -0.1) is 0 Å². The molecule has 24 heavy (non-hydrogen) atoms. The lowest BCUT2D eigenvalue weighted by Crippen LogP contribution is -2.36. The molecule has 128 valence electrons. The maximum atomic E-state index is 12.2. The minimum absolute atomic E-state index is 0.159. The zero-order valence-electron chi connectivity index (χ0n) is 13.9. The van der Waals surface area contributed by atoms with Gasteiger partial charge in [-0.25, -0.2) is 13.1 Å². The maximum Gasteiger partial charge on any atom is 0.241 e. The van der Waals surface area contributed by atoms with E-state index in [1.165, 1.54) is 0 Å². The molecule has 0 aromatic heterocycles. The van der Waals surface area contributed by atoms with E-state index in [1.54, 1.807) is 24.3 Å². The molecule has 0 saturated heterocycles. The van der Waals surface area contributed by atoms with Crippen LogP contribution < -0.4 is 10.0 Å². The van der Waals surface area contributed by atoms with E-state index in [2.05, 4.69) is 10.0 Å². The Morgan fingerprint density at radius 3 is 2.33 bits per heavy atom. The molecule has 0 radical (unpaired) electrons. The van der Waals surface area contributed by atoms with Crippen molar-refractivity contribution in [3.05, 3.63) is 65.2 Å². The van der Waals surface area contributed by atoms with Gasteiger partial charge in [0.2, 0.25) is 15.9 Å². The molecule has 0 atom stereocenters. The van der Waals surface area contributed by atoms with Crippen molar-refractivity contribution in [1.29, 1.82) is 0 Å². The van der Waals surface area contributed by atoms with Gasteiger partial charge in [-0.1, -0.05) is 43.3 Å². The van der Waals surface area contributed by atoms with Crippen LogP contribution in [0.3, 0.4) is 0 Å². The van der Waals surface area contributed by atoms with Gasteiger partial charge in [0.1, 0.15) is 0 Å². The van der Waals surface area contributed by atoms with E-state index in [4.69, 9.17) is 0 Å². The van der Waals surface area contributed by atoms with E-state index in [0.717, 1.165) is 23.1 Å². The minimum atomic E-state index is -3.68. The lowest BCUT2D eigenvalue weighted by Gasteiger charge is -2.09. The normalized spacial score (nSPS) is 11.2. The molecule has 0 aliphatic rings. The Kier molecular flexibility index (Phi) is 6.11. The number of hydrogen-bond acceptors (Lipinski definition) is 3. The summed E-state index contributed by atoms with van der Waals surface area (Å²) < 4.78 is 26.7. The predicted molar refractivity (Wildman–Crippen MR) is 94.0 cm³/mol. The third-order valence-electron chi connectivity index (χ3n) is 3.80. The smallest absolute Gasteiger partial charge is 0.241 e. The van der Waals surface area contributed by atoms with Crippen LogP contribution in [0.5, 0.6) is 0 Å². The maximum absolute atomic E-state index is 12.2. The summed E-state index contributed by atoms with van der Waals surface area (Å²) in [6, 6.07) is 14.4. The molecule has 0 spiro atoms. The Morgan fingerprint density at radius 1 is 1.04 bits per heavy atom. The van der Waals surface area contributed by atoms with Crippen LogP contribution in [0.15, 0.2) is 53.4 Å². The fourth-order valence-corrected chi connectivity index (χ4v) is 3.20. The molecule has 2 rings (SSSR count). The average molecular weight is 346 g/mol. The second kappa shape index (κ2) is 8.08. The van der Waals surface area contributed by atoms with Crippen molar-refractivity contribution in [1.82, 2.24) is 10.0 Å². The zero-order valence-corrected chi connectivity index (χ0v) is 14.7. The van der Waals surface area contributed by atoms with Gasteiger partial charge in [0.05, 0.1) is 11.4 Å². The van der Waals surface area contributed by atoms with Crippen LogP contribution in [0.1, 0.15) is 23.6 Å². The van der Waals surface area contributed by atoms with Crippen LogP contribution >= 0.6 is 0 Å². The fraction of sp³-hybridized carbons (Fsp3) is 0.278. The molecule has 0 saturated carbocycles. The summed E-state index contributed by atoms with van der Waals surface area (Å²) in [7, 11) is -3.68. The summed E-state index contributed by atoms with van der Waals surface area (Å²) in [5.41, 5.74) is 3.14. The molecule has 0 aliphatic carbocycles. The molecular formula is C18H22N2O3S. The van der Waals surface area contributed by atoms with Gasteiger partial charge >= 0.3 is 0 Å². The topological polar surface area (TPSA) is 75.3 Å². The highest BCUT2D eigenvalue weighted by Crippen LogP contribution is 2.10. The highest BCUT2D eigenvalue weighted by molar-refractivity contribution is 7.89. The first kappa shape index (κ1) is 18.2. The Hall–Kier alpha value is -2.18. The summed E-state index contributed by atoms with van der Waals surface area (Å²) >= 11 is 0. The first-order chi connectivity index (χ1) is 11.4. The zero-order chi connectivity index (χ0) is 17.6. The van der Waals surface area contributed by atoms with E-state index in [9.17, 15) is 13.2 Å². The number of benzene rings is 2. The first-order valence-corrected chi connectivity index (χ1v) is 9.30. The number of aryl methyl sites for hydroxylation is 2. The molecule has 1 amide bonds. The van der Waals surface area contributed by atoms with Gasteiger partial charge in [0.15, 0.2) is 0 Å². The average Bonchev–Trinajstić information content (AvgIpc) is 2.59. The lowest BCUT2D eigenvalue weighted by atomic mass is 10.1. The first-order valence-electron chi connectivity index (χ1n) is 7.82. The van der Waals surface area contributed by atoms with E-state index in [0.29, 0.717) is 6.54 Å². The van der Waals surface area contributed by atoms with E-state index in [1.807, 2.05) is 38.1 Å². The Labute approximate surface area is 143 Å². The van der Waals surface area contributed by atoms with Gasteiger partial charge < -0.3 is 5.32 Å². The van der Waals surface area contributed by atoms with Gasteiger partial charge in [-0.3, -0.25) is 4.79 Å². The number of nitrogens with one attached hydrogen (secondary N) is 2. The molecule has 2 N–H and O–H groups in total. The molecule has 0 unspecified atom stereocenters. The quantitative estimate of drug-likeness (QED) is 0.807. The van der Waals surface area contributed by atoms with Crippen molar-refractivity contribution in [2.45, 2.75) is 31.7 Å². The third kappa shape index (κ3) is 4.91. The van der Waals surface area contributed by atoms with Crippen LogP contribution in [0.25, 0.3) is 0 Å². The number of carbonyl (C=O) groups excluding carboxylic acids is 1. The van der Waals surface area contributed by atoms with E-state index < -0.39 is 10.0 Å². The van der Waals surface area contributed by atoms with Gasteiger partial charge in [0.25, 0.3) is 0 Å². The van der Waals surface area contributed by atoms with Gasteiger partial charge in [-0.2, -0.15) is 0 Å². The van der Waals surface area contributed by atoms with Gasteiger partial charge in [0, 0.05) is 6.54 Å². The summed E-state index contributed by atoms with van der Waals surface area (Å²) in [5.74, 6) is -0.369. The molecule has 6 heteroatoms. The van der Waals surface area contributed by atoms with Crippen LogP contribution in [0.2, 0.25) is 0 Å². The largest absolute Gasteiger partial charge is 0.351 e. The number of rotatable bonds is 7. The number of amides is 1. The Bertz CT molecular complexity index is 799. The number of hydrogen-bond donors (Lipinski definition) is 2. The second-order valence-corrected chi connectivity index (χ2v) is 7.29. The fourth-order valence-electron chi connectivity index (χ4n) is 2.21. The standard InChI is InChI=1S/C18H22N2O3S/c1-3-15-8-10-17(11-9-15)24(22,23)20-13-18(21)19-12-16-7-5-4-6-14(16)2/h4-11,20H,3,12-13H2,1-2H3,(H,19,21). The SMILES string of the molecule is CCc1ccc(S(=O)(=O)NCC(=O)NCc2ccccc2C)cc1. The molecule has 0 bridgehead atoms. The van der Waals surface area contributed by atoms with Crippen molar-refractivity contribution < 1.29 is 13.2 Å². The number of sulfonamides is 1. The summed E-state index contributed by atoms with van der Waals surface area (Å²) in [6.45, 7) is 4.05. The van der Waals surface area contributed by atoms with Crippen LogP contribution in [-0.4, -0.2) is 20.9 Å². The molecule has 2 aromatic rings. The monoisotopic (exact) mass is 346 g/mol. The molecule has 2 aromatic carbocycles. The van der Waals surface area contributed by atoms with Crippen molar-refractivity contribution in [2.24, 2.45) is 0 Å². The minimum Gasteiger partial charge on any atom is -0.351 e. The van der Waals surface area contributed by atoms with E-state index >= 15 is 0 Å². The molecule has 0 heterocycles. The highest BCUT2D eigenvalue weighted by Gasteiger charge is 2.15. The summed E-state index contributed by atoms with van der Waals surface area (Å²) in [4.78, 5) is 12.0. The summed E-state index contributed by atoms with van der Waals surface area (Å²) in [5, 5.41) is 2.72. The third-order valence-corrected chi connectivity index (χ3v) is 5.22.